The van der Waals surface area contributed by atoms with Gasteiger partial charge in [-0.05, 0) is 50.2 Å². The van der Waals surface area contributed by atoms with Gasteiger partial charge in [-0.3, -0.25) is 14.4 Å². The molecule has 1 amide bonds. The fraction of sp³-hybridized carbons (Fsp3) is 0.471. The van der Waals surface area contributed by atoms with Crippen molar-refractivity contribution in [3.8, 4) is 0 Å². The van der Waals surface area contributed by atoms with Crippen molar-refractivity contribution in [3.63, 3.8) is 0 Å². The maximum Gasteiger partial charge on any atom is 0.307 e. The number of Topliss-reactive ketones (excluding diaryl/α,β-unsaturated/α-hetero) is 1. The van der Waals surface area contributed by atoms with Gasteiger partial charge in [0.05, 0.1) is 11.8 Å². The van der Waals surface area contributed by atoms with Crippen molar-refractivity contribution in [2.45, 2.75) is 26.2 Å². The molecule has 0 unspecified atom stereocenters. The highest BCUT2D eigenvalue weighted by Gasteiger charge is 2.53. The molecule has 3 rings (SSSR count). The van der Waals surface area contributed by atoms with Crippen LogP contribution in [-0.4, -0.2) is 22.8 Å². The normalized spacial score (nSPS) is 29.3. The number of hydrogen-bond donors (Lipinski definition) is 2. The standard InChI is InChI=1S/C17H19NO4/c1-9(19)10-3-2-4-13(8-10)18-16(20)14-11-5-6-12(7-11)15(14)17(21)22/h2-4,8,11-12,14-15H,5-7H2,1H3,(H,18,20)(H,21,22)/t11-,12+,14+,15+/m1/s1. The number of aliphatic carboxylic acids is 1. The van der Waals surface area contributed by atoms with E-state index in [2.05, 4.69) is 5.32 Å². The smallest absolute Gasteiger partial charge is 0.307 e. The van der Waals surface area contributed by atoms with Crippen LogP contribution in [0.15, 0.2) is 24.3 Å². The van der Waals surface area contributed by atoms with Crippen LogP contribution in [0.1, 0.15) is 36.5 Å². The second-order valence-corrected chi connectivity index (χ2v) is 6.35. The summed E-state index contributed by atoms with van der Waals surface area (Å²) in [5, 5.41) is 12.2. The molecule has 2 saturated carbocycles. The van der Waals surface area contributed by atoms with Gasteiger partial charge in [0.15, 0.2) is 5.78 Å². The van der Waals surface area contributed by atoms with Gasteiger partial charge in [-0.15, -0.1) is 0 Å². The molecule has 22 heavy (non-hydrogen) atoms. The first-order chi connectivity index (χ1) is 10.5. The SMILES string of the molecule is CC(=O)c1cccc(NC(=O)[C@H]2[C@@H]3CC[C@@H](C3)[C@@H]2C(=O)O)c1. The topological polar surface area (TPSA) is 83.5 Å². The summed E-state index contributed by atoms with van der Waals surface area (Å²) in [4.78, 5) is 35.4. The minimum Gasteiger partial charge on any atom is -0.481 e. The summed E-state index contributed by atoms with van der Waals surface area (Å²) in [7, 11) is 0. The molecule has 2 N–H and O–H groups in total. The van der Waals surface area contributed by atoms with E-state index < -0.39 is 17.8 Å². The summed E-state index contributed by atoms with van der Waals surface area (Å²) in [6.07, 6.45) is 2.67. The molecule has 5 heteroatoms. The lowest BCUT2D eigenvalue weighted by Gasteiger charge is -2.27. The van der Waals surface area contributed by atoms with Crippen molar-refractivity contribution in [2.75, 3.05) is 5.32 Å². The van der Waals surface area contributed by atoms with Crippen LogP contribution >= 0.6 is 0 Å². The Balaban J connectivity index is 1.78. The van der Waals surface area contributed by atoms with Crippen molar-refractivity contribution in [1.29, 1.82) is 0 Å². The third kappa shape index (κ3) is 2.51. The Bertz CT molecular complexity index is 639. The minimum atomic E-state index is -0.871. The Kier molecular flexibility index (Phi) is 3.72. The molecule has 0 heterocycles. The van der Waals surface area contributed by atoms with Gasteiger partial charge >= 0.3 is 5.97 Å². The number of carbonyl (C=O) groups is 3. The summed E-state index contributed by atoms with van der Waals surface area (Å²) < 4.78 is 0. The molecule has 2 bridgehead atoms. The van der Waals surface area contributed by atoms with Crippen LogP contribution in [0.25, 0.3) is 0 Å². The van der Waals surface area contributed by atoms with Gasteiger partial charge in [0.1, 0.15) is 0 Å². The predicted octanol–water partition coefficient (Wildman–Crippen LogP) is 2.57. The van der Waals surface area contributed by atoms with Crippen LogP contribution in [0.3, 0.4) is 0 Å². The molecule has 4 atom stereocenters. The number of ketones is 1. The van der Waals surface area contributed by atoms with Crippen LogP contribution in [-0.2, 0) is 9.59 Å². The lowest BCUT2D eigenvalue weighted by molar-refractivity contribution is -0.148. The zero-order chi connectivity index (χ0) is 15.9. The summed E-state index contributed by atoms with van der Waals surface area (Å²) in [5.74, 6) is -1.92. The van der Waals surface area contributed by atoms with Crippen molar-refractivity contribution < 1.29 is 19.5 Å². The molecule has 2 fully saturated rings. The van der Waals surface area contributed by atoms with Crippen molar-refractivity contribution in [3.05, 3.63) is 29.8 Å². The second-order valence-electron chi connectivity index (χ2n) is 6.35. The van der Waals surface area contributed by atoms with E-state index in [1.807, 2.05) is 0 Å². The van der Waals surface area contributed by atoms with E-state index in [1.54, 1.807) is 24.3 Å². The number of nitrogens with one attached hydrogen (secondary N) is 1. The molecule has 0 spiro atoms. The van der Waals surface area contributed by atoms with Crippen molar-refractivity contribution >= 4 is 23.3 Å². The first-order valence-corrected chi connectivity index (χ1v) is 7.62. The van der Waals surface area contributed by atoms with Gasteiger partial charge in [-0.1, -0.05) is 12.1 Å². The van der Waals surface area contributed by atoms with Crippen molar-refractivity contribution in [2.24, 2.45) is 23.7 Å². The molecule has 2 aliphatic carbocycles. The molecule has 1 aromatic carbocycles. The lowest BCUT2D eigenvalue weighted by atomic mass is 9.78. The van der Waals surface area contributed by atoms with Gasteiger partial charge in [0.2, 0.25) is 5.91 Å². The van der Waals surface area contributed by atoms with Gasteiger partial charge < -0.3 is 10.4 Å². The van der Waals surface area contributed by atoms with E-state index in [0.717, 1.165) is 19.3 Å². The van der Waals surface area contributed by atoms with Crippen LogP contribution in [0.4, 0.5) is 5.69 Å². The summed E-state index contributed by atoms with van der Waals surface area (Å²) in [5.41, 5.74) is 1.07. The molecule has 0 radical (unpaired) electrons. The highest BCUT2D eigenvalue weighted by atomic mass is 16.4. The van der Waals surface area contributed by atoms with Gasteiger partial charge in [-0.2, -0.15) is 0 Å². The fourth-order valence-corrected chi connectivity index (χ4v) is 4.07. The second kappa shape index (κ2) is 5.55. The van der Waals surface area contributed by atoms with E-state index in [0.29, 0.717) is 11.3 Å². The maximum atomic E-state index is 12.5. The quantitative estimate of drug-likeness (QED) is 0.837. The maximum absolute atomic E-state index is 12.5. The largest absolute Gasteiger partial charge is 0.481 e. The van der Waals surface area contributed by atoms with Gasteiger partial charge in [0, 0.05) is 11.3 Å². The molecule has 0 saturated heterocycles. The Morgan fingerprint density at radius 1 is 1.14 bits per heavy atom. The highest BCUT2D eigenvalue weighted by Crippen LogP contribution is 2.52. The third-order valence-corrected chi connectivity index (χ3v) is 5.04. The molecular weight excluding hydrogens is 282 g/mol. The number of carbonyl (C=O) groups excluding carboxylic acids is 2. The summed E-state index contributed by atoms with van der Waals surface area (Å²) in [6, 6.07) is 6.74. The van der Waals surface area contributed by atoms with Gasteiger partial charge in [-0.25, -0.2) is 0 Å². The molecule has 1 aromatic rings. The Hall–Kier alpha value is -2.17. The number of amides is 1. The van der Waals surface area contributed by atoms with Gasteiger partial charge in [0.25, 0.3) is 0 Å². The van der Waals surface area contributed by atoms with Crippen LogP contribution < -0.4 is 5.32 Å². The van der Waals surface area contributed by atoms with Crippen LogP contribution in [0, 0.1) is 23.7 Å². The van der Waals surface area contributed by atoms with E-state index in [1.165, 1.54) is 6.92 Å². The number of benzene rings is 1. The summed E-state index contributed by atoms with van der Waals surface area (Å²) in [6.45, 7) is 1.47. The summed E-state index contributed by atoms with van der Waals surface area (Å²) >= 11 is 0. The zero-order valence-electron chi connectivity index (χ0n) is 12.4. The van der Waals surface area contributed by atoms with Crippen molar-refractivity contribution in [1.82, 2.24) is 0 Å². The average molecular weight is 301 g/mol. The zero-order valence-corrected chi connectivity index (χ0v) is 12.4. The molecule has 0 aromatic heterocycles. The Labute approximate surface area is 128 Å². The number of carboxylic acids is 1. The van der Waals surface area contributed by atoms with Crippen LogP contribution in [0.2, 0.25) is 0 Å². The number of carboxylic acid groups (broad SMARTS) is 1. The molecule has 0 aliphatic heterocycles. The van der Waals surface area contributed by atoms with E-state index in [-0.39, 0.29) is 23.5 Å². The molecule has 5 nitrogen and oxygen atoms in total. The van der Waals surface area contributed by atoms with Crippen LogP contribution in [0.5, 0.6) is 0 Å². The number of rotatable bonds is 4. The Morgan fingerprint density at radius 2 is 1.82 bits per heavy atom. The fourth-order valence-electron chi connectivity index (χ4n) is 4.07. The number of hydrogen-bond acceptors (Lipinski definition) is 3. The first kappa shape index (κ1) is 14.8. The first-order valence-electron chi connectivity index (χ1n) is 7.62. The van der Waals surface area contributed by atoms with E-state index in [9.17, 15) is 19.5 Å². The van der Waals surface area contributed by atoms with E-state index >= 15 is 0 Å². The average Bonchev–Trinajstić information content (AvgIpc) is 3.07. The lowest BCUT2D eigenvalue weighted by Crippen LogP contribution is -2.37. The molecular formula is C17H19NO4. The Morgan fingerprint density at radius 3 is 2.45 bits per heavy atom. The molecule has 2 aliphatic rings. The number of fused-ring (bicyclic) bond motifs is 2. The van der Waals surface area contributed by atoms with E-state index in [4.69, 9.17) is 0 Å². The minimum absolute atomic E-state index is 0.0700. The number of anilines is 1. The predicted molar refractivity (Wildman–Crippen MR) is 80.5 cm³/mol. The third-order valence-electron chi connectivity index (χ3n) is 5.04. The highest BCUT2D eigenvalue weighted by molar-refractivity contribution is 5.98. The monoisotopic (exact) mass is 301 g/mol. The molecule has 116 valence electrons.